The predicted molar refractivity (Wildman–Crippen MR) is 271 cm³/mol. The van der Waals surface area contributed by atoms with E-state index in [0.29, 0.717) is 0 Å². The second-order valence-electron chi connectivity index (χ2n) is 16.5. The summed E-state index contributed by atoms with van der Waals surface area (Å²) in [6.07, 6.45) is 0. The van der Waals surface area contributed by atoms with Gasteiger partial charge in [0.2, 0.25) is 0 Å². The van der Waals surface area contributed by atoms with Crippen LogP contribution in [0.3, 0.4) is 0 Å². The van der Waals surface area contributed by atoms with Crippen molar-refractivity contribution in [2.45, 2.75) is 0 Å². The Morgan fingerprint density at radius 2 is 0.719 bits per heavy atom. The van der Waals surface area contributed by atoms with E-state index in [9.17, 15) is 0 Å². The number of hydrogen-bond acceptors (Lipinski definition) is 2. The van der Waals surface area contributed by atoms with Crippen LogP contribution < -0.4 is 4.90 Å². The predicted octanol–water partition coefficient (Wildman–Crippen LogP) is 17.7. The fourth-order valence-corrected chi connectivity index (χ4v) is 9.47. The lowest BCUT2D eigenvalue weighted by Crippen LogP contribution is -2.09. The van der Waals surface area contributed by atoms with E-state index in [1.807, 2.05) is 6.07 Å². The lowest BCUT2D eigenvalue weighted by Gasteiger charge is -2.26. The first-order valence-corrected chi connectivity index (χ1v) is 21.9. The molecule has 0 aliphatic heterocycles. The van der Waals surface area contributed by atoms with E-state index in [0.717, 1.165) is 61.3 Å². The van der Waals surface area contributed by atoms with Crippen LogP contribution in [0, 0.1) is 0 Å². The highest BCUT2D eigenvalue weighted by Crippen LogP contribution is 2.42. The van der Waals surface area contributed by atoms with Crippen molar-refractivity contribution < 1.29 is 4.42 Å². The van der Waals surface area contributed by atoms with Crippen LogP contribution in [0.25, 0.3) is 99.1 Å². The Kier molecular flexibility index (Phi) is 9.20. The highest BCUT2D eigenvalue weighted by atomic mass is 16.3. The van der Waals surface area contributed by atoms with Crippen LogP contribution in [0.1, 0.15) is 0 Å². The monoisotopic (exact) mass is 815 g/mol. The molecule has 0 atom stereocenters. The van der Waals surface area contributed by atoms with Gasteiger partial charge < -0.3 is 9.32 Å². The number of furan rings is 1. The molecule has 0 N–H and O–H groups in total. The van der Waals surface area contributed by atoms with E-state index < -0.39 is 0 Å². The van der Waals surface area contributed by atoms with Crippen LogP contribution in [0.2, 0.25) is 0 Å². The molecule has 64 heavy (non-hydrogen) atoms. The molecule has 0 saturated carbocycles. The highest BCUT2D eigenvalue weighted by molar-refractivity contribution is 6.11. The number of benzene rings is 11. The van der Waals surface area contributed by atoms with E-state index >= 15 is 0 Å². The highest BCUT2D eigenvalue weighted by Gasteiger charge is 2.17. The van der Waals surface area contributed by atoms with Crippen LogP contribution in [0.15, 0.2) is 253 Å². The van der Waals surface area contributed by atoms with Crippen LogP contribution in [0.4, 0.5) is 17.1 Å². The summed E-state index contributed by atoms with van der Waals surface area (Å²) in [4.78, 5) is 2.36. The summed E-state index contributed by atoms with van der Waals surface area (Å²) in [6.45, 7) is 0. The Morgan fingerprint density at radius 1 is 0.266 bits per heavy atom. The maximum absolute atomic E-state index is 6.51. The first-order valence-electron chi connectivity index (χ1n) is 21.9. The van der Waals surface area contributed by atoms with Gasteiger partial charge in [-0.15, -0.1) is 0 Å². The number of hydrogen-bond donors (Lipinski definition) is 0. The lowest BCUT2D eigenvalue weighted by atomic mass is 9.91. The minimum Gasteiger partial charge on any atom is -0.455 e. The van der Waals surface area contributed by atoms with E-state index in [-0.39, 0.29) is 0 Å². The van der Waals surface area contributed by atoms with Gasteiger partial charge in [-0.3, -0.25) is 0 Å². The summed E-state index contributed by atoms with van der Waals surface area (Å²) in [5.41, 5.74) is 16.8. The number of fused-ring (bicyclic) bond motifs is 5. The maximum Gasteiger partial charge on any atom is 0.143 e. The topological polar surface area (TPSA) is 16.4 Å². The Morgan fingerprint density at radius 3 is 1.34 bits per heavy atom. The fourth-order valence-electron chi connectivity index (χ4n) is 9.47. The van der Waals surface area contributed by atoms with E-state index in [1.165, 1.54) is 54.9 Å². The zero-order chi connectivity index (χ0) is 42.4. The summed E-state index contributed by atoms with van der Waals surface area (Å²) < 4.78 is 6.51. The molecule has 0 radical (unpaired) electrons. The molecule has 0 amide bonds. The van der Waals surface area contributed by atoms with Crippen LogP contribution in [-0.2, 0) is 0 Å². The first-order chi connectivity index (χ1) is 31.7. The van der Waals surface area contributed by atoms with Gasteiger partial charge in [0, 0.05) is 33.4 Å². The molecule has 11 aromatic carbocycles. The van der Waals surface area contributed by atoms with Crippen molar-refractivity contribution in [2.24, 2.45) is 0 Å². The molecule has 2 nitrogen and oxygen atoms in total. The van der Waals surface area contributed by atoms with Crippen molar-refractivity contribution in [2.75, 3.05) is 4.90 Å². The molecule has 0 bridgehead atoms. The average molecular weight is 816 g/mol. The third-order valence-corrected chi connectivity index (χ3v) is 12.7. The summed E-state index contributed by atoms with van der Waals surface area (Å²) >= 11 is 0. The molecule has 0 fully saturated rings. The Hall–Kier alpha value is -8.46. The Balaban J connectivity index is 0.927. The van der Waals surface area contributed by atoms with Crippen molar-refractivity contribution in [1.82, 2.24) is 0 Å². The molecule has 12 aromatic rings. The van der Waals surface area contributed by atoms with Gasteiger partial charge in [-0.2, -0.15) is 0 Å². The quantitative estimate of drug-likeness (QED) is 0.152. The molecule has 1 heterocycles. The molecular weight excluding hydrogens is 775 g/mol. The lowest BCUT2D eigenvalue weighted by molar-refractivity contribution is 0.670. The van der Waals surface area contributed by atoms with E-state index in [1.54, 1.807) is 0 Å². The molecule has 0 unspecified atom stereocenters. The van der Waals surface area contributed by atoms with Crippen LogP contribution >= 0.6 is 0 Å². The second kappa shape index (κ2) is 15.8. The van der Waals surface area contributed by atoms with Crippen molar-refractivity contribution >= 4 is 60.5 Å². The minimum atomic E-state index is 0.889. The minimum absolute atomic E-state index is 0.889. The summed E-state index contributed by atoms with van der Waals surface area (Å²) in [6, 6.07) is 89.6. The number of nitrogens with zero attached hydrogens (tertiary/aromatic N) is 1. The van der Waals surface area contributed by atoms with Gasteiger partial charge in [-0.05, 0) is 126 Å². The Labute approximate surface area is 372 Å². The molecule has 0 aliphatic rings. The molecular formula is C62H41NO. The summed E-state index contributed by atoms with van der Waals surface area (Å²) in [5, 5.41) is 7.22. The van der Waals surface area contributed by atoms with Crippen LogP contribution in [-0.4, -0.2) is 0 Å². The van der Waals surface area contributed by atoms with Gasteiger partial charge in [-0.1, -0.05) is 194 Å². The van der Waals surface area contributed by atoms with Crippen molar-refractivity contribution in [3.05, 3.63) is 249 Å². The molecule has 2 heteroatoms. The maximum atomic E-state index is 6.51. The molecule has 0 saturated heterocycles. The molecule has 0 spiro atoms. The van der Waals surface area contributed by atoms with Crippen molar-refractivity contribution in [3.63, 3.8) is 0 Å². The van der Waals surface area contributed by atoms with Crippen LogP contribution in [0.5, 0.6) is 0 Å². The fraction of sp³-hybridized carbons (Fsp3) is 0. The molecule has 1 aromatic heterocycles. The van der Waals surface area contributed by atoms with Gasteiger partial charge in [0.1, 0.15) is 11.2 Å². The first kappa shape index (κ1) is 37.3. The largest absolute Gasteiger partial charge is 0.455 e. The smallest absolute Gasteiger partial charge is 0.143 e. The standard InChI is InChI=1S/C62H41NO/c1-3-13-45(14-4-1)55-20-9-18-48-19-10-21-56(61(48)55)47-30-37-54(38-31-47)63(52-33-26-43(27-34-52)50-25-24-42-12-7-8-17-49(42)40-50)53-35-28-44(29-36-53)51-32-39-60-59(41-51)58-23-11-22-57(62(58)64-60)46-15-5-2-6-16-46/h1-41H. The summed E-state index contributed by atoms with van der Waals surface area (Å²) in [7, 11) is 0. The molecule has 12 rings (SSSR count). The van der Waals surface area contributed by atoms with Gasteiger partial charge in [0.05, 0.1) is 0 Å². The zero-order valence-electron chi connectivity index (χ0n) is 35.0. The summed E-state index contributed by atoms with van der Waals surface area (Å²) in [5.74, 6) is 0. The van der Waals surface area contributed by atoms with Gasteiger partial charge in [-0.25, -0.2) is 0 Å². The average Bonchev–Trinajstić information content (AvgIpc) is 3.75. The van der Waals surface area contributed by atoms with E-state index in [4.69, 9.17) is 4.42 Å². The van der Waals surface area contributed by atoms with Gasteiger partial charge in [0.25, 0.3) is 0 Å². The number of rotatable bonds is 8. The SMILES string of the molecule is c1ccc(-c2cccc3c2oc2ccc(-c4ccc(N(c5ccc(-c6ccc7ccccc7c6)cc5)c5ccc(-c6cccc7cccc(-c8ccccc8)c67)cc5)cc4)cc23)cc1. The number of anilines is 3. The van der Waals surface area contributed by atoms with E-state index in [2.05, 4.69) is 248 Å². The van der Waals surface area contributed by atoms with Crippen molar-refractivity contribution in [1.29, 1.82) is 0 Å². The second-order valence-corrected chi connectivity index (χ2v) is 16.5. The third-order valence-electron chi connectivity index (χ3n) is 12.7. The van der Waals surface area contributed by atoms with Gasteiger partial charge >= 0.3 is 0 Å². The zero-order valence-corrected chi connectivity index (χ0v) is 35.0. The number of para-hydroxylation sites is 1. The normalized spacial score (nSPS) is 11.4. The Bertz CT molecular complexity index is 3620. The molecule has 300 valence electrons. The van der Waals surface area contributed by atoms with Crippen molar-refractivity contribution in [3.8, 4) is 55.6 Å². The molecule has 0 aliphatic carbocycles. The third kappa shape index (κ3) is 6.70. The van der Waals surface area contributed by atoms with Gasteiger partial charge in [0.15, 0.2) is 0 Å².